The van der Waals surface area contributed by atoms with Gasteiger partial charge in [0.1, 0.15) is 0 Å². The van der Waals surface area contributed by atoms with E-state index in [1.165, 1.54) is 11.3 Å². The fraction of sp³-hybridized carbons (Fsp3) is 0.444. The van der Waals surface area contributed by atoms with Crippen LogP contribution in [0.25, 0.3) is 0 Å². The minimum absolute atomic E-state index is 0.0344. The number of hydrogen-bond acceptors (Lipinski definition) is 3. The summed E-state index contributed by atoms with van der Waals surface area (Å²) in [4.78, 5) is 14.5. The number of carbonyl (C=O) groups is 1. The molecule has 0 radical (unpaired) electrons. The third kappa shape index (κ3) is 4.14. The minimum Gasteiger partial charge on any atom is -0.383 e. The maximum atomic E-state index is 12.7. The Morgan fingerprint density at radius 3 is 3.04 bits per heavy atom. The van der Waals surface area contributed by atoms with Crippen LogP contribution in [0.5, 0.6) is 0 Å². The molecule has 1 heterocycles. The van der Waals surface area contributed by atoms with Gasteiger partial charge >= 0.3 is 6.03 Å². The summed E-state index contributed by atoms with van der Waals surface area (Å²) in [6, 6.07) is 10.1. The molecule has 24 heavy (non-hydrogen) atoms. The van der Waals surface area contributed by atoms with Crippen molar-refractivity contribution < 1.29 is 9.53 Å². The van der Waals surface area contributed by atoms with Crippen molar-refractivity contribution in [2.24, 2.45) is 0 Å². The monoisotopic (exact) mass is 328 g/mol. The average molecular weight is 328 g/mol. The first-order chi connectivity index (χ1) is 11.8. The van der Waals surface area contributed by atoms with E-state index in [-0.39, 0.29) is 12.1 Å². The molecule has 2 amide bonds. The number of aromatic amines is 1. The second-order valence-electron chi connectivity index (χ2n) is 6.16. The predicted molar refractivity (Wildman–Crippen MR) is 91.7 cm³/mol. The summed E-state index contributed by atoms with van der Waals surface area (Å²) >= 11 is 0. The Balaban J connectivity index is 1.61. The molecule has 6 heteroatoms. The topological polar surface area (TPSA) is 70.2 Å². The highest BCUT2D eigenvalue weighted by molar-refractivity contribution is 5.74. The summed E-state index contributed by atoms with van der Waals surface area (Å²) in [5.41, 5.74) is 3.52. The van der Waals surface area contributed by atoms with Gasteiger partial charge in [0.05, 0.1) is 12.8 Å². The Bertz CT molecular complexity index is 656. The Labute approximate surface area is 142 Å². The van der Waals surface area contributed by atoms with Crippen LogP contribution < -0.4 is 5.32 Å². The Hall–Kier alpha value is -2.34. The molecule has 6 nitrogen and oxygen atoms in total. The van der Waals surface area contributed by atoms with Gasteiger partial charge in [-0.1, -0.05) is 30.3 Å². The van der Waals surface area contributed by atoms with Gasteiger partial charge in [0.25, 0.3) is 0 Å². The Kier molecular flexibility index (Phi) is 5.48. The number of H-pyrrole nitrogens is 1. The Morgan fingerprint density at radius 1 is 1.42 bits per heavy atom. The van der Waals surface area contributed by atoms with Crippen molar-refractivity contribution in [1.29, 1.82) is 0 Å². The molecule has 1 atom stereocenters. The largest absolute Gasteiger partial charge is 0.383 e. The van der Waals surface area contributed by atoms with E-state index in [1.807, 2.05) is 41.4 Å². The number of urea groups is 1. The zero-order valence-electron chi connectivity index (χ0n) is 14.0. The fourth-order valence-electron chi connectivity index (χ4n) is 3.06. The smallest absolute Gasteiger partial charge is 0.318 e. The number of nitrogens with one attached hydrogen (secondary N) is 2. The lowest BCUT2D eigenvalue weighted by Gasteiger charge is -2.28. The molecular formula is C18H24N4O2. The number of aromatic nitrogens is 2. The molecule has 0 saturated carbocycles. The standard InChI is InChI=1S/C18H24N4O2/c1-24-10-9-22(13-14-5-3-2-4-6-14)18(23)20-16-7-8-17-15(11-16)12-19-21-17/h2-6,12,16H,7-11,13H2,1H3,(H,19,21)(H,20,23). The summed E-state index contributed by atoms with van der Waals surface area (Å²) in [7, 11) is 1.65. The van der Waals surface area contributed by atoms with Crippen molar-refractivity contribution in [1.82, 2.24) is 20.4 Å². The summed E-state index contributed by atoms with van der Waals surface area (Å²) in [6.07, 6.45) is 4.56. The van der Waals surface area contributed by atoms with Crippen molar-refractivity contribution >= 4 is 6.03 Å². The summed E-state index contributed by atoms with van der Waals surface area (Å²) in [5, 5.41) is 10.3. The number of fused-ring (bicyclic) bond motifs is 1. The van der Waals surface area contributed by atoms with Crippen molar-refractivity contribution in [3.63, 3.8) is 0 Å². The molecular weight excluding hydrogens is 304 g/mol. The molecule has 2 aromatic rings. The van der Waals surface area contributed by atoms with Gasteiger partial charge in [-0.05, 0) is 30.4 Å². The highest BCUT2D eigenvalue weighted by Gasteiger charge is 2.23. The first kappa shape index (κ1) is 16.5. The summed E-state index contributed by atoms with van der Waals surface area (Å²) in [6.45, 7) is 1.68. The van der Waals surface area contributed by atoms with Crippen LogP contribution in [0.15, 0.2) is 36.5 Å². The van der Waals surface area contributed by atoms with Gasteiger partial charge in [0.2, 0.25) is 0 Å². The van der Waals surface area contributed by atoms with Gasteiger partial charge in [-0.3, -0.25) is 5.10 Å². The summed E-state index contributed by atoms with van der Waals surface area (Å²) < 4.78 is 5.15. The Morgan fingerprint density at radius 2 is 2.25 bits per heavy atom. The molecule has 1 aliphatic rings. The molecule has 0 aliphatic heterocycles. The predicted octanol–water partition coefficient (Wildman–Crippen LogP) is 2.13. The van der Waals surface area contributed by atoms with Crippen LogP contribution >= 0.6 is 0 Å². The van der Waals surface area contributed by atoms with Gasteiger partial charge in [-0.25, -0.2) is 4.79 Å². The van der Waals surface area contributed by atoms with E-state index in [4.69, 9.17) is 4.74 Å². The molecule has 2 N–H and O–H groups in total. The highest BCUT2D eigenvalue weighted by atomic mass is 16.5. The number of benzene rings is 1. The first-order valence-electron chi connectivity index (χ1n) is 8.35. The number of nitrogens with zero attached hydrogens (tertiary/aromatic N) is 2. The van der Waals surface area contributed by atoms with Crippen LogP contribution in [-0.4, -0.2) is 47.4 Å². The normalized spacial score (nSPS) is 16.5. The molecule has 0 fully saturated rings. The number of hydrogen-bond donors (Lipinski definition) is 2. The second-order valence-corrected chi connectivity index (χ2v) is 6.16. The molecule has 1 aliphatic carbocycles. The van der Waals surface area contributed by atoms with Crippen LogP contribution in [0.3, 0.4) is 0 Å². The molecule has 0 spiro atoms. The number of amides is 2. The van der Waals surface area contributed by atoms with E-state index in [9.17, 15) is 4.79 Å². The van der Waals surface area contributed by atoms with E-state index in [0.29, 0.717) is 19.7 Å². The lowest BCUT2D eigenvalue weighted by atomic mass is 9.94. The quantitative estimate of drug-likeness (QED) is 0.853. The van der Waals surface area contributed by atoms with Gasteiger partial charge in [-0.2, -0.15) is 5.10 Å². The first-order valence-corrected chi connectivity index (χ1v) is 8.35. The lowest BCUT2D eigenvalue weighted by Crippen LogP contribution is -2.47. The molecule has 128 valence electrons. The molecule has 0 bridgehead atoms. The van der Waals surface area contributed by atoms with E-state index < -0.39 is 0 Å². The number of rotatable bonds is 6. The van der Waals surface area contributed by atoms with Crippen LogP contribution in [0.4, 0.5) is 4.79 Å². The van der Waals surface area contributed by atoms with Gasteiger partial charge in [0, 0.05) is 31.9 Å². The van der Waals surface area contributed by atoms with Gasteiger partial charge in [-0.15, -0.1) is 0 Å². The minimum atomic E-state index is -0.0344. The number of ether oxygens (including phenoxy) is 1. The second kappa shape index (κ2) is 7.97. The molecule has 0 saturated heterocycles. The van der Waals surface area contributed by atoms with Crippen LogP contribution in [0.1, 0.15) is 23.2 Å². The molecule has 3 rings (SSSR count). The third-order valence-corrected chi connectivity index (χ3v) is 4.41. The fourth-order valence-corrected chi connectivity index (χ4v) is 3.06. The van der Waals surface area contributed by atoms with Crippen LogP contribution in [-0.2, 0) is 24.1 Å². The average Bonchev–Trinajstić information content (AvgIpc) is 3.07. The van der Waals surface area contributed by atoms with Crippen molar-refractivity contribution in [2.75, 3.05) is 20.3 Å². The van der Waals surface area contributed by atoms with Crippen LogP contribution in [0.2, 0.25) is 0 Å². The summed E-state index contributed by atoms with van der Waals surface area (Å²) in [5.74, 6) is 0. The maximum absolute atomic E-state index is 12.7. The van der Waals surface area contributed by atoms with E-state index >= 15 is 0 Å². The third-order valence-electron chi connectivity index (χ3n) is 4.41. The lowest BCUT2D eigenvalue weighted by molar-refractivity contribution is 0.144. The molecule has 1 unspecified atom stereocenters. The van der Waals surface area contributed by atoms with E-state index in [0.717, 1.165) is 24.8 Å². The SMILES string of the molecule is COCCN(Cc1ccccc1)C(=O)NC1CCc2[nH]ncc2C1. The van der Waals surface area contributed by atoms with E-state index in [1.54, 1.807) is 7.11 Å². The zero-order valence-corrected chi connectivity index (χ0v) is 14.0. The molecule has 1 aromatic carbocycles. The molecule has 1 aromatic heterocycles. The van der Waals surface area contributed by atoms with Crippen molar-refractivity contribution in [2.45, 2.75) is 31.8 Å². The number of carbonyl (C=O) groups excluding carboxylic acids is 1. The highest BCUT2D eigenvalue weighted by Crippen LogP contribution is 2.19. The van der Waals surface area contributed by atoms with Crippen molar-refractivity contribution in [3.8, 4) is 0 Å². The number of aryl methyl sites for hydroxylation is 1. The zero-order chi connectivity index (χ0) is 16.8. The van der Waals surface area contributed by atoms with Gasteiger partial charge < -0.3 is 15.0 Å². The maximum Gasteiger partial charge on any atom is 0.318 e. The van der Waals surface area contributed by atoms with E-state index in [2.05, 4.69) is 15.5 Å². The van der Waals surface area contributed by atoms with Crippen molar-refractivity contribution in [3.05, 3.63) is 53.3 Å². The number of methoxy groups -OCH3 is 1. The van der Waals surface area contributed by atoms with Gasteiger partial charge in [0.15, 0.2) is 0 Å². The van der Waals surface area contributed by atoms with Crippen LogP contribution in [0, 0.1) is 0 Å².